The number of rotatable bonds is 46. The molecule has 0 aliphatic carbocycles. The number of nitrogens with zero attached hydrogens (tertiary/aromatic N) is 2. The normalized spacial score (nSPS) is 9.08. The molecule has 0 bridgehead atoms. The summed E-state index contributed by atoms with van der Waals surface area (Å²) in [5, 5.41) is 46.1. The standard InChI is InChI=1S/C30H40N2O22.C13H24O2.10C2H4.9CH2O/c1-39-14-16-41-21-30(23-43-29(36)24-7-9-25(10-8-24)32(37)38,20-26(33)6-4-3-5-13-31-27(34)11-12-28(31)35)22-42-17-19-45-47-49-51-53-54-52-50-48-46-44-18-15-40-2;14-12-10-8-6-4-2-1-3-5-7-9-11-13-15;19*1-2/h7-12,17,19H,3-6,13-16,18,20-23H2,1-2H3;12-13H,1-11H2;10*1-2H2;9*1H2/b19-17-;;;;;;;;;;;;;;;;;;;;. The SMILES string of the molecule is C=C.C=C.C=C.C=C.C=C.C=C.C=C.C=C.C=C.C=C.C=O.C=O.C=O.C=O.C=O.C=O.C=O.C=O.C=O.COCCOCC(CO/C=C\OOOOOOOOOOOCCOC)(COC(=O)c1ccc([N+](=O)[O-])cc1)CC(=O)CCCCCN1C(=O)C=CC1=O.O=CCCCCCCCCCCCC=O. The van der Waals surface area contributed by atoms with Crippen molar-refractivity contribution in [3.8, 4) is 0 Å². The number of hydrogen-bond donors (Lipinski definition) is 0. The van der Waals surface area contributed by atoms with E-state index in [4.69, 9.17) is 62.1 Å². The third-order valence-corrected chi connectivity index (χ3v) is 9.39. The maximum absolute atomic E-state index is 13.2. The van der Waals surface area contributed by atoms with E-state index in [0.29, 0.717) is 19.3 Å². The molecule has 35 nitrogen and oxygen atoms in total. The Labute approximate surface area is 632 Å². The molecule has 1 aromatic carbocycles. The van der Waals surface area contributed by atoms with Crippen molar-refractivity contribution in [2.45, 2.75) is 103 Å². The fourth-order valence-corrected chi connectivity index (χ4v) is 5.93. The molecule has 1 aliphatic heterocycles. The monoisotopic (exact) mass is 1540 g/mol. The molecule has 2 rings (SSSR count). The van der Waals surface area contributed by atoms with Crippen molar-refractivity contribution in [1.29, 1.82) is 0 Å². The van der Waals surface area contributed by atoms with Gasteiger partial charge in [0.05, 0.1) is 48.9 Å². The molecule has 1 aromatic rings. The van der Waals surface area contributed by atoms with Crippen LogP contribution >= 0.6 is 0 Å². The van der Waals surface area contributed by atoms with Crippen molar-refractivity contribution in [3.05, 3.63) is 196 Å². The number of unbranched alkanes of at least 4 members (excludes halogenated alkanes) is 12. The fourth-order valence-electron chi connectivity index (χ4n) is 5.93. The summed E-state index contributed by atoms with van der Waals surface area (Å²) in [5.74, 6) is -1.82. The quantitative estimate of drug-likeness (QED) is 0.00673. The van der Waals surface area contributed by atoms with Crippen molar-refractivity contribution in [2.75, 3.05) is 67.0 Å². The highest BCUT2D eigenvalue weighted by Gasteiger charge is 2.36. The molecule has 1 aliphatic rings. The Kier molecular flexibility index (Phi) is 241. The number of ketones is 1. The molecule has 1 unspecified atom stereocenters. The lowest BCUT2D eigenvalue weighted by Crippen LogP contribution is -2.40. The summed E-state index contributed by atoms with van der Waals surface area (Å²) < 4.78 is 26.5. The zero-order chi connectivity index (χ0) is 88.5. The highest BCUT2D eigenvalue weighted by Crippen LogP contribution is 2.28. The van der Waals surface area contributed by atoms with Crippen molar-refractivity contribution in [3.63, 3.8) is 0 Å². The summed E-state index contributed by atoms with van der Waals surface area (Å²) in [6.45, 7) is 78.0. The molecule has 0 spiro atoms. The Morgan fingerprint density at radius 1 is 0.439 bits per heavy atom. The number of ether oxygens (including phenoxy) is 5. The van der Waals surface area contributed by atoms with Crippen LogP contribution in [0.5, 0.6) is 0 Å². The van der Waals surface area contributed by atoms with Crippen molar-refractivity contribution >= 4 is 103 Å². The van der Waals surface area contributed by atoms with E-state index in [9.17, 15) is 38.9 Å². The van der Waals surface area contributed by atoms with Crippen molar-refractivity contribution in [1.82, 2.24) is 4.90 Å². The van der Waals surface area contributed by atoms with Crippen LogP contribution in [0.15, 0.2) is 181 Å². The summed E-state index contributed by atoms with van der Waals surface area (Å²) in [5.41, 5.74) is -1.46. The second-order valence-electron chi connectivity index (χ2n) is 14.8. The van der Waals surface area contributed by atoms with Gasteiger partial charge in [0.15, 0.2) is 6.26 Å². The minimum Gasteiger partial charge on any atom is -0.497 e. The number of aldehydes is 2. The van der Waals surface area contributed by atoms with Gasteiger partial charge in [-0.05, 0) is 58.0 Å². The first kappa shape index (κ1) is 146. The van der Waals surface area contributed by atoms with E-state index in [1.807, 2.05) is 61.1 Å². The predicted octanol–water partition coefficient (Wildman–Crippen LogP) is 12.3. The van der Waals surface area contributed by atoms with Gasteiger partial charge in [-0.15, -0.1) is 132 Å². The molecule has 1 heterocycles. The van der Waals surface area contributed by atoms with Crippen molar-refractivity contribution < 1.29 is 156 Å². The van der Waals surface area contributed by atoms with Gasteiger partial charge < -0.3 is 81.3 Å². The van der Waals surface area contributed by atoms with Crippen molar-refractivity contribution in [2.24, 2.45) is 5.41 Å². The van der Waals surface area contributed by atoms with Gasteiger partial charge in [-0.1, -0.05) is 51.4 Å². The maximum Gasteiger partial charge on any atom is 0.338 e. The summed E-state index contributed by atoms with van der Waals surface area (Å²) in [4.78, 5) is 162. The number of nitro groups is 1. The van der Waals surface area contributed by atoms with Crippen LogP contribution < -0.4 is 0 Å². The highest BCUT2D eigenvalue weighted by molar-refractivity contribution is 6.12. The van der Waals surface area contributed by atoms with Gasteiger partial charge in [-0.25, -0.2) is 9.68 Å². The lowest BCUT2D eigenvalue weighted by molar-refractivity contribution is -0.853. The molecule has 2 amide bonds. The predicted molar refractivity (Wildman–Crippen MR) is 406 cm³/mol. The molecule has 35 heteroatoms. The van der Waals surface area contributed by atoms with Gasteiger partial charge in [0.1, 0.15) is 98.9 Å². The van der Waals surface area contributed by atoms with Crippen LogP contribution in [0.4, 0.5) is 5.69 Å². The number of carbonyl (C=O) groups is 15. The van der Waals surface area contributed by atoms with E-state index >= 15 is 0 Å². The average Bonchev–Trinajstić information content (AvgIpc) is 1.51. The minimum absolute atomic E-state index is 0.0203. The highest BCUT2D eigenvalue weighted by atomic mass is 17.9. The molecule has 0 fully saturated rings. The number of esters is 1. The third-order valence-electron chi connectivity index (χ3n) is 9.39. The largest absolute Gasteiger partial charge is 0.497 e. The Hall–Kier alpha value is -10.8. The first-order chi connectivity index (χ1) is 52.6. The van der Waals surface area contributed by atoms with Crippen LogP contribution in [0.2, 0.25) is 0 Å². The number of Topliss-reactive ketones (excluding diaryl/α,β-unsaturated/α-hetero) is 1. The number of non-ortho nitro benzene ring substituents is 1. The molecule has 0 radical (unpaired) electrons. The van der Waals surface area contributed by atoms with Gasteiger partial charge in [0.25, 0.3) is 17.5 Å². The van der Waals surface area contributed by atoms with E-state index in [1.54, 1.807) is 0 Å². The van der Waals surface area contributed by atoms with Gasteiger partial charge in [0.2, 0.25) is 0 Å². The van der Waals surface area contributed by atoms with Gasteiger partial charge >= 0.3 is 5.97 Å². The molecule has 0 N–H and O–H groups in total. The number of methoxy groups -OCH3 is 2. The number of imide groups is 1. The van der Waals surface area contributed by atoms with Gasteiger partial charge in [-0.3, -0.25) is 29.4 Å². The Morgan fingerprint density at radius 3 is 1.15 bits per heavy atom. The van der Waals surface area contributed by atoms with E-state index in [-0.39, 0.29) is 94.5 Å². The molecular weight excluding hydrogens is 1420 g/mol. The van der Waals surface area contributed by atoms with E-state index in [1.165, 1.54) is 83.5 Å². The fraction of sp³-hybridized carbons (Fsp3) is 0.375. The van der Waals surface area contributed by atoms with E-state index in [2.05, 4.69) is 191 Å². The number of nitro benzene ring substituents is 1. The summed E-state index contributed by atoms with van der Waals surface area (Å²) >= 11 is 0. The number of carbonyl (C=O) groups excluding carboxylic acids is 15. The summed E-state index contributed by atoms with van der Waals surface area (Å²) in [6, 6.07) is 4.75. The van der Waals surface area contributed by atoms with E-state index in [0.717, 1.165) is 67.8 Å². The molecule has 0 saturated heterocycles. The van der Waals surface area contributed by atoms with Crippen LogP contribution in [-0.2, 0) is 146 Å². The minimum atomic E-state index is -1.26. The van der Waals surface area contributed by atoms with Gasteiger partial charge in [-0.2, -0.15) is 0 Å². The van der Waals surface area contributed by atoms with E-state index < -0.39 is 16.3 Å². The molecule has 618 valence electrons. The third kappa shape index (κ3) is 135. The first-order valence-electron chi connectivity index (χ1n) is 29.7. The number of benzene rings is 1. The summed E-state index contributed by atoms with van der Waals surface area (Å²) in [7, 11) is 2.91. The van der Waals surface area contributed by atoms with Crippen LogP contribution in [0, 0.1) is 15.5 Å². The van der Waals surface area contributed by atoms with Crippen LogP contribution in [0.25, 0.3) is 0 Å². The Balaban J connectivity index is -0.0000000710. The molecule has 1 atom stereocenters. The van der Waals surface area contributed by atoms with Crippen LogP contribution in [0.3, 0.4) is 0 Å². The maximum atomic E-state index is 13.2. The smallest absolute Gasteiger partial charge is 0.338 e. The van der Waals surface area contributed by atoms with Crippen LogP contribution in [0.1, 0.15) is 113 Å². The lowest BCUT2D eigenvalue weighted by Gasteiger charge is -2.32. The second kappa shape index (κ2) is 176. The molecule has 107 heavy (non-hydrogen) atoms. The number of amides is 2. The average molecular weight is 1540 g/mol. The number of hydrogen-bond acceptors (Lipinski definition) is 33. The second-order valence-corrected chi connectivity index (χ2v) is 14.8. The summed E-state index contributed by atoms with van der Waals surface area (Å²) in [6.07, 6.45) is 20.1. The first-order valence-corrected chi connectivity index (χ1v) is 29.7. The molecule has 0 aromatic heterocycles. The Bertz CT molecular complexity index is 1850. The topological polar surface area (TPSA) is 450 Å². The van der Waals surface area contributed by atoms with Crippen LogP contribution in [-0.4, -0.2) is 174 Å². The lowest BCUT2D eigenvalue weighted by atomic mass is 9.84. The zero-order valence-electron chi connectivity index (χ0n) is 63.1. The Morgan fingerprint density at radius 2 is 0.785 bits per heavy atom. The molecule has 0 saturated carbocycles. The molecular formula is C72H122N2O33. The zero-order valence-corrected chi connectivity index (χ0v) is 63.1. The van der Waals surface area contributed by atoms with Gasteiger partial charge in [0, 0.05) is 95.9 Å².